The molecule has 0 aliphatic carbocycles. The molecule has 3 aromatic rings. The highest BCUT2D eigenvalue weighted by Gasteiger charge is 2.25. The molecule has 8 heteroatoms. The van der Waals surface area contributed by atoms with E-state index in [-0.39, 0.29) is 35.8 Å². The van der Waals surface area contributed by atoms with Gasteiger partial charge in [-0.1, -0.05) is 93.6 Å². The molecule has 0 unspecified atom stereocenters. The minimum atomic E-state index is -0.668. The second-order valence-corrected chi connectivity index (χ2v) is 12.3. The Morgan fingerprint density at radius 3 is 2.08 bits per heavy atom. The molecule has 0 aromatic heterocycles. The van der Waals surface area contributed by atoms with Crippen LogP contribution in [-0.2, 0) is 27.5 Å². The molecule has 0 aliphatic rings. The molecule has 0 spiro atoms. The van der Waals surface area contributed by atoms with Crippen molar-refractivity contribution in [2.24, 2.45) is 0 Å². The van der Waals surface area contributed by atoms with Crippen molar-refractivity contribution in [3.05, 3.63) is 102 Å². The third-order valence-corrected chi connectivity index (χ3v) is 7.44. The summed E-state index contributed by atoms with van der Waals surface area (Å²) < 4.78 is 11.4. The van der Waals surface area contributed by atoms with Crippen molar-refractivity contribution < 1.29 is 19.1 Å². The van der Waals surface area contributed by atoms with Crippen molar-refractivity contribution in [1.82, 2.24) is 16.0 Å². The lowest BCUT2D eigenvalue weighted by Crippen LogP contribution is -2.50. The van der Waals surface area contributed by atoms with Crippen LogP contribution in [0.15, 0.2) is 84.9 Å². The summed E-state index contributed by atoms with van der Waals surface area (Å²) in [6, 6.07) is 26.6. The number of rotatable bonds is 15. The normalized spacial score (nSPS) is 12.8. The van der Waals surface area contributed by atoms with E-state index >= 15 is 0 Å². The van der Waals surface area contributed by atoms with E-state index in [1.807, 2.05) is 96.7 Å². The number of hydrogen-bond donors (Lipinski definition) is 3. The molecule has 2 atom stereocenters. The lowest BCUT2D eigenvalue weighted by molar-refractivity contribution is -0.128. The molecule has 3 N–H and O–H groups in total. The van der Waals surface area contributed by atoms with Gasteiger partial charge in [0.25, 0.3) is 0 Å². The Kier molecular flexibility index (Phi) is 12.5. The number of ether oxygens (including phenoxy) is 2. The van der Waals surface area contributed by atoms with Gasteiger partial charge in [-0.15, -0.1) is 0 Å². The SMILES string of the molecule is COc1ccc([C@@H](CSC(C)(C)C)N[C@@H](COCc2ccccc2)C(=O)NCC(=O)NCc2ccccc2)cc1. The van der Waals surface area contributed by atoms with Crippen LogP contribution in [0, 0.1) is 0 Å². The smallest absolute Gasteiger partial charge is 0.239 e. The predicted molar refractivity (Wildman–Crippen MR) is 162 cm³/mol. The molecule has 3 rings (SSSR count). The van der Waals surface area contributed by atoms with Crippen LogP contribution >= 0.6 is 11.8 Å². The minimum absolute atomic E-state index is 0.0464. The van der Waals surface area contributed by atoms with Gasteiger partial charge in [-0.2, -0.15) is 11.8 Å². The molecule has 0 aliphatic heterocycles. The summed E-state index contributed by atoms with van der Waals surface area (Å²) in [4.78, 5) is 25.8. The second kappa shape index (κ2) is 16.1. The zero-order valence-corrected chi connectivity index (χ0v) is 24.6. The van der Waals surface area contributed by atoms with Gasteiger partial charge in [0.2, 0.25) is 11.8 Å². The number of methoxy groups -OCH3 is 1. The topological polar surface area (TPSA) is 88.7 Å². The molecular weight excluding hydrogens is 522 g/mol. The highest BCUT2D eigenvalue weighted by Crippen LogP contribution is 2.29. The van der Waals surface area contributed by atoms with Crippen LogP contribution in [0.25, 0.3) is 0 Å². The van der Waals surface area contributed by atoms with Crippen molar-refractivity contribution in [2.45, 2.75) is 50.8 Å². The van der Waals surface area contributed by atoms with E-state index < -0.39 is 6.04 Å². The molecule has 214 valence electrons. The van der Waals surface area contributed by atoms with Crippen LogP contribution in [0.5, 0.6) is 5.75 Å². The van der Waals surface area contributed by atoms with Gasteiger partial charge < -0.3 is 20.1 Å². The van der Waals surface area contributed by atoms with Gasteiger partial charge in [-0.3, -0.25) is 14.9 Å². The van der Waals surface area contributed by atoms with Gasteiger partial charge >= 0.3 is 0 Å². The van der Waals surface area contributed by atoms with Crippen LogP contribution in [0.3, 0.4) is 0 Å². The van der Waals surface area contributed by atoms with Crippen molar-refractivity contribution in [1.29, 1.82) is 0 Å². The third kappa shape index (κ3) is 11.4. The lowest BCUT2D eigenvalue weighted by Gasteiger charge is -2.28. The molecule has 3 aromatic carbocycles. The molecule has 0 heterocycles. The highest BCUT2D eigenvalue weighted by molar-refractivity contribution is 8.00. The van der Waals surface area contributed by atoms with E-state index in [0.29, 0.717) is 13.2 Å². The first-order valence-electron chi connectivity index (χ1n) is 13.5. The molecule has 0 bridgehead atoms. The van der Waals surface area contributed by atoms with Crippen LogP contribution in [0.2, 0.25) is 0 Å². The predicted octanol–water partition coefficient (Wildman–Crippen LogP) is 4.88. The third-order valence-electron chi connectivity index (χ3n) is 6.07. The van der Waals surface area contributed by atoms with E-state index in [0.717, 1.165) is 28.2 Å². The molecule has 0 saturated heterocycles. The Bertz CT molecular complexity index is 1170. The average Bonchev–Trinajstić information content (AvgIpc) is 2.96. The zero-order valence-electron chi connectivity index (χ0n) is 23.8. The van der Waals surface area contributed by atoms with Crippen LogP contribution < -0.4 is 20.7 Å². The van der Waals surface area contributed by atoms with Crippen LogP contribution in [-0.4, -0.2) is 48.6 Å². The monoisotopic (exact) mass is 563 g/mol. The lowest BCUT2D eigenvalue weighted by atomic mass is 10.1. The van der Waals surface area contributed by atoms with Gasteiger partial charge in [0.1, 0.15) is 11.8 Å². The van der Waals surface area contributed by atoms with Crippen LogP contribution in [0.1, 0.15) is 43.5 Å². The first kappa shape index (κ1) is 31.2. The Morgan fingerprint density at radius 1 is 0.850 bits per heavy atom. The fourth-order valence-corrected chi connectivity index (χ4v) is 4.83. The summed E-state index contributed by atoms with van der Waals surface area (Å²) in [5, 5.41) is 9.16. The van der Waals surface area contributed by atoms with Gasteiger partial charge in [0.15, 0.2) is 0 Å². The molecule has 40 heavy (non-hydrogen) atoms. The standard InChI is InChI=1S/C32H41N3O4S/c1-32(2,3)40-23-29(26-15-17-27(38-4)18-16-26)35-28(22-39-21-25-13-9-6-10-14-25)31(37)34-20-30(36)33-19-24-11-7-5-8-12-24/h5-18,28-29,35H,19-23H2,1-4H3,(H,33,36)(H,34,37)/t28-,29+/m0/s1. The zero-order chi connectivity index (χ0) is 28.8. The number of carbonyl (C=O) groups excluding carboxylic acids is 2. The van der Waals surface area contributed by atoms with E-state index in [4.69, 9.17) is 9.47 Å². The number of amides is 2. The fraction of sp³-hybridized carbons (Fsp3) is 0.375. The summed E-state index contributed by atoms with van der Waals surface area (Å²) in [6.07, 6.45) is 0. The number of thioether (sulfide) groups is 1. The van der Waals surface area contributed by atoms with E-state index in [1.54, 1.807) is 7.11 Å². The number of nitrogens with one attached hydrogen (secondary N) is 3. The first-order valence-corrected chi connectivity index (χ1v) is 14.5. The molecule has 0 fully saturated rings. The largest absolute Gasteiger partial charge is 0.497 e. The second-order valence-electron chi connectivity index (χ2n) is 10.4. The maximum absolute atomic E-state index is 13.4. The summed E-state index contributed by atoms with van der Waals surface area (Å²) in [5.74, 6) is 0.974. The van der Waals surface area contributed by atoms with E-state index in [9.17, 15) is 9.59 Å². The molecule has 0 radical (unpaired) electrons. The van der Waals surface area contributed by atoms with Gasteiger partial charge in [-0.25, -0.2) is 0 Å². The van der Waals surface area contributed by atoms with E-state index in [1.165, 1.54) is 0 Å². The number of hydrogen-bond acceptors (Lipinski definition) is 6. The Hall–Kier alpha value is -3.33. The average molecular weight is 564 g/mol. The Labute approximate surface area is 242 Å². The van der Waals surface area contributed by atoms with Crippen molar-refractivity contribution in [3.8, 4) is 5.75 Å². The maximum Gasteiger partial charge on any atom is 0.239 e. The summed E-state index contributed by atoms with van der Waals surface area (Å²) in [7, 11) is 1.64. The summed E-state index contributed by atoms with van der Waals surface area (Å²) in [6.45, 7) is 7.33. The molecule has 7 nitrogen and oxygen atoms in total. The quantitative estimate of drug-likeness (QED) is 0.244. The summed E-state index contributed by atoms with van der Waals surface area (Å²) >= 11 is 1.81. The Morgan fingerprint density at radius 2 is 1.48 bits per heavy atom. The maximum atomic E-state index is 13.4. The highest BCUT2D eigenvalue weighted by atomic mass is 32.2. The van der Waals surface area contributed by atoms with Gasteiger partial charge in [0.05, 0.1) is 26.9 Å². The fourth-order valence-electron chi connectivity index (χ4n) is 3.87. The number of benzene rings is 3. The van der Waals surface area contributed by atoms with Gasteiger partial charge in [0, 0.05) is 23.1 Å². The van der Waals surface area contributed by atoms with Crippen LogP contribution in [0.4, 0.5) is 0 Å². The van der Waals surface area contributed by atoms with Crippen molar-refractivity contribution in [3.63, 3.8) is 0 Å². The van der Waals surface area contributed by atoms with E-state index in [2.05, 4.69) is 36.7 Å². The number of carbonyl (C=O) groups is 2. The van der Waals surface area contributed by atoms with Crippen molar-refractivity contribution >= 4 is 23.6 Å². The van der Waals surface area contributed by atoms with Gasteiger partial charge in [-0.05, 0) is 28.8 Å². The van der Waals surface area contributed by atoms with Crippen molar-refractivity contribution in [2.75, 3.05) is 26.0 Å². The molecule has 0 saturated carbocycles. The summed E-state index contributed by atoms with van der Waals surface area (Å²) in [5.41, 5.74) is 3.06. The minimum Gasteiger partial charge on any atom is -0.497 e. The molecule has 2 amide bonds. The Balaban J connectivity index is 1.68. The molecular formula is C32H41N3O4S. The first-order chi connectivity index (χ1) is 19.2.